The second kappa shape index (κ2) is 7.23. The summed E-state index contributed by atoms with van der Waals surface area (Å²) in [5, 5.41) is 1.20. The summed E-state index contributed by atoms with van der Waals surface area (Å²) in [4.78, 5) is 17.7. The number of ether oxygens (including phenoxy) is 4. The van der Waals surface area contributed by atoms with Gasteiger partial charge in [-0.2, -0.15) is 0 Å². The van der Waals surface area contributed by atoms with Gasteiger partial charge in [-0.3, -0.25) is 0 Å². The van der Waals surface area contributed by atoms with Gasteiger partial charge in [0.25, 0.3) is 0 Å². The Bertz CT molecular complexity index is 1030. The van der Waals surface area contributed by atoms with E-state index in [9.17, 15) is 4.79 Å². The number of benzene rings is 1. The van der Waals surface area contributed by atoms with Gasteiger partial charge in [0, 0.05) is 30.2 Å². The van der Waals surface area contributed by atoms with Crippen LogP contribution >= 0.6 is 0 Å². The third-order valence-electron chi connectivity index (χ3n) is 7.32. The number of piperidine rings is 1. The zero-order valence-corrected chi connectivity index (χ0v) is 17.9. The first kappa shape index (κ1) is 19.3. The molecule has 2 aromatic rings. The topological polar surface area (TPSA) is 74.2 Å². The number of nitrogens with one attached hydrogen (secondary N) is 2. The molecule has 3 aliphatic rings. The van der Waals surface area contributed by atoms with Crippen LogP contribution in [-0.2, 0) is 20.7 Å². The van der Waals surface area contributed by atoms with Gasteiger partial charge in [0.05, 0.1) is 63.4 Å². The molecule has 1 unspecified atom stereocenters. The Morgan fingerprint density at radius 3 is 2.70 bits per heavy atom. The van der Waals surface area contributed by atoms with Crippen LogP contribution in [0.1, 0.15) is 30.6 Å². The maximum atomic E-state index is 12.4. The first-order valence-electron chi connectivity index (χ1n) is 10.6. The van der Waals surface area contributed by atoms with E-state index in [0.717, 1.165) is 42.9 Å². The number of aromatic amines is 1. The Kier molecular flexibility index (Phi) is 4.65. The lowest BCUT2D eigenvalue weighted by molar-refractivity contribution is -0.944. The number of fused-ring (bicyclic) bond motifs is 6. The lowest BCUT2D eigenvalue weighted by atomic mass is 9.72. The fraction of sp³-hybridized carbons (Fsp3) is 0.522. The van der Waals surface area contributed by atoms with Gasteiger partial charge in [-0.25, -0.2) is 4.79 Å². The fourth-order valence-electron chi connectivity index (χ4n) is 5.77. The molecule has 1 saturated heterocycles. The highest BCUT2D eigenvalue weighted by Crippen LogP contribution is 2.42. The molecule has 7 nitrogen and oxygen atoms in total. The van der Waals surface area contributed by atoms with Gasteiger partial charge in [0.15, 0.2) is 11.5 Å². The Morgan fingerprint density at radius 1 is 1.20 bits per heavy atom. The van der Waals surface area contributed by atoms with Gasteiger partial charge in [-0.05, 0) is 18.6 Å². The average Bonchev–Trinajstić information content (AvgIpc) is 3.14. The number of carbonyl (C=O) groups is 1. The van der Waals surface area contributed by atoms with Crippen molar-refractivity contribution in [3.8, 4) is 11.5 Å². The smallest absolute Gasteiger partial charge is 0.337 e. The quantitative estimate of drug-likeness (QED) is 0.751. The lowest BCUT2D eigenvalue weighted by Gasteiger charge is -2.46. The molecule has 0 bridgehead atoms. The molecule has 30 heavy (non-hydrogen) atoms. The molecule has 5 atom stereocenters. The Labute approximate surface area is 175 Å². The van der Waals surface area contributed by atoms with Crippen LogP contribution in [0.15, 0.2) is 24.0 Å². The molecule has 1 fully saturated rings. The van der Waals surface area contributed by atoms with E-state index < -0.39 is 0 Å². The Balaban J connectivity index is 1.56. The first-order chi connectivity index (χ1) is 14.5. The Hall–Kier alpha value is -2.67. The maximum absolute atomic E-state index is 12.4. The van der Waals surface area contributed by atoms with E-state index in [4.69, 9.17) is 18.9 Å². The SMILES string of the molecule is COC(=O)C1=CO[C@@H](C)[C@H]2C[NH+]3CCc4c([nH]c5cc(OC)c(OC)cc45)[C@@H]3C[C@H]12. The van der Waals surface area contributed by atoms with Crippen LogP contribution in [-0.4, -0.2) is 51.5 Å². The normalized spacial score (nSPS) is 29.7. The standard InChI is InChI=1S/C23H28N2O5/c1-12-16-10-25-6-5-13-15-8-20(27-2)21(28-3)9-18(15)24-22(13)19(25)7-14(16)17(11-30-12)23(26)29-4/h8-9,11-12,14,16,19,24H,5-7,10H2,1-4H3/p+1/t12-,14-,16+,19-/m0/s1. The van der Waals surface area contributed by atoms with E-state index >= 15 is 0 Å². The molecule has 1 aromatic carbocycles. The van der Waals surface area contributed by atoms with Crippen LogP contribution in [0.25, 0.3) is 10.9 Å². The summed E-state index contributed by atoms with van der Waals surface area (Å²) in [6, 6.07) is 4.42. The number of methoxy groups -OCH3 is 3. The molecule has 7 heteroatoms. The largest absolute Gasteiger partial charge is 0.497 e. The average molecular weight is 413 g/mol. The van der Waals surface area contributed by atoms with Crippen molar-refractivity contribution in [2.75, 3.05) is 34.4 Å². The van der Waals surface area contributed by atoms with Gasteiger partial charge in [0.2, 0.25) is 0 Å². The molecule has 5 rings (SSSR count). The van der Waals surface area contributed by atoms with Gasteiger partial charge < -0.3 is 28.8 Å². The Morgan fingerprint density at radius 2 is 1.97 bits per heavy atom. The summed E-state index contributed by atoms with van der Waals surface area (Å²) in [6.45, 7) is 4.18. The predicted octanol–water partition coefficient (Wildman–Crippen LogP) is 1.78. The number of esters is 1. The summed E-state index contributed by atoms with van der Waals surface area (Å²) in [7, 11) is 4.77. The summed E-state index contributed by atoms with van der Waals surface area (Å²) < 4.78 is 21.9. The van der Waals surface area contributed by atoms with Crippen molar-refractivity contribution in [2.45, 2.75) is 31.9 Å². The molecule has 1 aromatic heterocycles. The molecule has 160 valence electrons. The predicted molar refractivity (Wildman–Crippen MR) is 111 cm³/mol. The van der Waals surface area contributed by atoms with E-state index in [0.29, 0.717) is 17.5 Å². The lowest BCUT2D eigenvalue weighted by Crippen LogP contribution is -3.15. The highest BCUT2D eigenvalue weighted by molar-refractivity contribution is 5.89. The van der Waals surface area contributed by atoms with Gasteiger partial charge in [-0.15, -0.1) is 0 Å². The van der Waals surface area contributed by atoms with Crippen molar-refractivity contribution >= 4 is 16.9 Å². The van der Waals surface area contributed by atoms with Crippen molar-refractivity contribution in [1.82, 2.24) is 4.98 Å². The summed E-state index contributed by atoms with van der Waals surface area (Å²) in [5.74, 6) is 1.67. The highest BCUT2D eigenvalue weighted by Gasteiger charge is 2.49. The van der Waals surface area contributed by atoms with E-state index in [2.05, 4.69) is 18.0 Å². The van der Waals surface area contributed by atoms with Gasteiger partial charge in [-0.1, -0.05) is 0 Å². The molecular formula is C23H29N2O5+. The minimum atomic E-state index is -0.275. The van der Waals surface area contributed by atoms with Crippen LogP contribution in [0.4, 0.5) is 0 Å². The minimum Gasteiger partial charge on any atom is -0.497 e. The monoisotopic (exact) mass is 413 g/mol. The van der Waals surface area contributed by atoms with E-state index in [1.165, 1.54) is 23.8 Å². The number of carbonyl (C=O) groups excluding carboxylic acids is 1. The van der Waals surface area contributed by atoms with Crippen LogP contribution in [0.2, 0.25) is 0 Å². The van der Waals surface area contributed by atoms with Crippen LogP contribution < -0.4 is 14.4 Å². The first-order valence-corrected chi connectivity index (χ1v) is 10.6. The third-order valence-corrected chi connectivity index (χ3v) is 7.32. The molecule has 4 heterocycles. The molecule has 3 aliphatic heterocycles. The summed E-state index contributed by atoms with van der Waals surface area (Å²) >= 11 is 0. The van der Waals surface area contributed by atoms with E-state index in [-0.39, 0.29) is 18.0 Å². The highest BCUT2D eigenvalue weighted by atomic mass is 16.5. The number of rotatable bonds is 3. The summed E-state index contributed by atoms with van der Waals surface area (Å²) in [6.07, 6.45) is 3.66. The van der Waals surface area contributed by atoms with Crippen molar-refractivity contribution in [1.29, 1.82) is 0 Å². The van der Waals surface area contributed by atoms with Crippen molar-refractivity contribution in [2.24, 2.45) is 11.8 Å². The van der Waals surface area contributed by atoms with Gasteiger partial charge >= 0.3 is 5.97 Å². The number of hydrogen-bond acceptors (Lipinski definition) is 5. The second-order valence-corrected chi connectivity index (χ2v) is 8.60. The van der Waals surface area contributed by atoms with Crippen molar-refractivity contribution < 1.29 is 28.6 Å². The molecule has 0 amide bonds. The molecule has 0 aliphatic carbocycles. The third kappa shape index (κ3) is 2.79. The molecule has 2 N–H and O–H groups in total. The molecular weight excluding hydrogens is 384 g/mol. The number of quaternary nitrogens is 1. The second-order valence-electron chi connectivity index (χ2n) is 8.60. The van der Waals surface area contributed by atoms with Crippen molar-refractivity contribution in [3.05, 3.63) is 35.2 Å². The number of aromatic nitrogens is 1. The van der Waals surface area contributed by atoms with E-state index in [1.807, 2.05) is 6.07 Å². The van der Waals surface area contributed by atoms with Crippen LogP contribution in [0.3, 0.4) is 0 Å². The summed E-state index contributed by atoms with van der Waals surface area (Å²) in [5.41, 5.74) is 4.39. The number of H-pyrrole nitrogens is 1. The van der Waals surface area contributed by atoms with Crippen molar-refractivity contribution in [3.63, 3.8) is 0 Å². The van der Waals surface area contributed by atoms with Crippen LogP contribution in [0.5, 0.6) is 11.5 Å². The molecule has 0 spiro atoms. The minimum absolute atomic E-state index is 0.106. The van der Waals surface area contributed by atoms with Crippen LogP contribution in [0, 0.1) is 11.8 Å². The fourth-order valence-corrected chi connectivity index (χ4v) is 5.77. The molecule has 0 radical (unpaired) electrons. The number of hydrogen-bond donors (Lipinski definition) is 2. The molecule has 0 saturated carbocycles. The zero-order valence-electron chi connectivity index (χ0n) is 17.9. The maximum Gasteiger partial charge on any atom is 0.337 e. The van der Waals surface area contributed by atoms with Gasteiger partial charge in [0.1, 0.15) is 12.1 Å². The van der Waals surface area contributed by atoms with E-state index in [1.54, 1.807) is 25.4 Å². The zero-order chi connectivity index (χ0) is 21.0.